The Labute approximate surface area is 105 Å². The maximum atomic E-state index is 11.4. The van der Waals surface area contributed by atoms with Gasteiger partial charge in [0.15, 0.2) is 6.10 Å². The molecule has 2 N–H and O–H groups in total. The van der Waals surface area contributed by atoms with Crippen LogP contribution < -0.4 is 10.2 Å². The van der Waals surface area contributed by atoms with Crippen molar-refractivity contribution in [2.24, 2.45) is 0 Å². The van der Waals surface area contributed by atoms with Crippen molar-refractivity contribution in [1.82, 2.24) is 0 Å². The number of hydrogen-bond donors (Lipinski definition) is 2. The summed E-state index contributed by atoms with van der Waals surface area (Å²) in [6.45, 7) is 4.39. The summed E-state index contributed by atoms with van der Waals surface area (Å²) < 4.78 is 5.41. The predicted molar refractivity (Wildman–Crippen MR) is 67.7 cm³/mol. The fourth-order valence-electron chi connectivity index (χ4n) is 2.52. The van der Waals surface area contributed by atoms with Gasteiger partial charge in [0.1, 0.15) is 0 Å². The van der Waals surface area contributed by atoms with Crippen LogP contribution in [0.2, 0.25) is 0 Å². The van der Waals surface area contributed by atoms with Crippen molar-refractivity contribution in [2.75, 3.05) is 30.0 Å². The van der Waals surface area contributed by atoms with E-state index in [1.807, 2.05) is 18.2 Å². The van der Waals surface area contributed by atoms with Gasteiger partial charge in [-0.2, -0.15) is 0 Å². The van der Waals surface area contributed by atoms with Gasteiger partial charge in [-0.15, -0.1) is 0 Å². The van der Waals surface area contributed by atoms with Crippen molar-refractivity contribution in [2.45, 2.75) is 19.1 Å². The van der Waals surface area contributed by atoms with Gasteiger partial charge in [0.2, 0.25) is 0 Å². The Morgan fingerprint density at radius 2 is 2.33 bits per heavy atom. The summed E-state index contributed by atoms with van der Waals surface area (Å²) in [7, 11) is 0. The topological polar surface area (TPSA) is 61.8 Å². The smallest absolute Gasteiger partial charge is 0.257 e. The van der Waals surface area contributed by atoms with Gasteiger partial charge in [-0.3, -0.25) is 4.79 Å². The second-order valence-corrected chi connectivity index (χ2v) is 4.78. The van der Waals surface area contributed by atoms with E-state index in [0.29, 0.717) is 23.9 Å². The van der Waals surface area contributed by atoms with Crippen LogP contribution in [0.1, 0.15) is 18.6 Å². The van der Waals surface area contributed by atoms with Crippen LogP contribution in [0.5, 0.6) is 0 Å². The molecule has 1 saturated heterocycles. The Hall–Kier alpha value is -1.59. The van der Waals surface area contributed by atoms with Gasteiger partial charge in [0.05, 0.1) is 13.2 Å². The van der Waals surface area contributed by atoms with Gasteiger partial charge in [-0.05, 0) is 19.1 Å². The Bertz CT molecular complexity index is 489. The number of carbonyl (C=O) groups is 1. The first-order valence-electron chi connectivity index (χ1n) is 6.14. The molecular weight excluding hydrogens is 232 g/mol. The molecule has 0 aliphatic carbocycles. The molecule has 2 aliphatic rings. The number of rotatable bonds is 1. The summed E-state index contributed by atoms with van der Waals surface area (Å²) >= 11 is 0. The molecule has 1 amide bonds. The number of anilines is 2. The number of ether oxygens (including phenoxy) is 1. The number of benzene rings is 1. The van der Waals surface area contributed by atoms with Gasteiger partial charge in [0, 0.05) is 29.5 Å². The Morgan fingerprint density at radius 1 is 1.50 bits per heavy atom. The van der Waals surface area contributed by atoms with Crippen LogP contribution in [-0.4, -0.2) is 36.8 Å². The van der Waals surface area contributed by atoms with Crippen molar-refractivity contribution >= 4 is 17.3 Å². The van der Waals surface area contributed by atoms with Gasteiger partial charge in [-0.1, -0.05) is 6.07 Å². The minimum atomic E-state index is -1.03. The van der Waals surface area contributed by atoms with E-state index >= 15 is 0 Å². The van der Waals surface area contributed by atoms with Crippen LogP contribution in [0.4, 0.5) is 11.4 Å². The molecule has 2 heterocycles. The largest absolute Gasteiger partial charge is 0.378 e. The zero-order valence-electron chi connectivity index (χ0n) is 10.2. The van der Waals surface area contributed by atoms with E-state index < -0.39 is 6.10 Å². The highest BCUT2D eigenvalue weighted by molar-refractivity contribution is 6.02. The molecule has 96 valence electrons. The van der Waals surface area contributed by atoms with Crippen LogP contribution in [0, 0.1) is 0 Å². The SMILES string of the molecule is CC1COCCN1c1ccc2c(c1)NC(=O)C2O. The highest BCUT2D eigenvalue weighted by atomic mass is 16.5. The molecule has 1 fully saturated rings. The molecule has 0 bridgehead atoms. The van der Waals surface area contributed by atoms with E-state index in [-0.39, 0.29) is 5.91 Å². The summed E-state index contributed by atoms with van der Waals surface area (Å²) in [5.74, 6) is -0.350. The molecule has 2 atom stereocenters. The van der Waals surface area contributed by atoms with Crippen LogP contribution >= 0.6 is 0 Å². The molecule has 5 nitrogen and oxygen atoms in total. The number of nitrogens with zero attached hydrogens (tertiary/aromatic N) is 1. The molecule has 1 aromatic carbocycles. The lowest BCUT2D eigenvalue weighted by molar-refractivity contribution is -0.123. The van der Waals surface area contributed by atoms with E-state index in [0.717, 1.165) is 18.8 Å². The van der Waals surface area contributed by atoms with Gasteiger partial charge in [0.25, 0.3) is 5.91 Å². The molecule has 0 spiro atoms. The molecule has 0 aromatic heterocycles. The van der Waals surface area contributed by atoms with Crippen LogP contribution in [0.3, 0.4) is 0 Å². The van der Waals surface area contributed by atoms with Crippen molar-refractivity contribution < 1.29 is 14.6 Å². The molecule has 18 heavy (non-hydrogen) atoms. The Balaban J connectivity index is 1.91. The molecule has 1 aromatic rings. The van der Waals surface area contributed by atoms with Gasteiger partial charge in [-0.25, -0.2) is 0 Å². The zero-order chi connectivity index (χ0) is 12.7. The molecule has 2 unspecified atom stereocenters. The van der Waals surface area contributed by atoms with Gasteiger partial charge >= 0.3 is 0 Å². The highest BCUT2D eigenvalue weighted by Gasteiger charge is 2.29. The predicted octanol–water partition coefficient (Wildman–Crippen LogP) is 0.897. The minimum Gasteiger partial charge on any atom is -0.378 e. The van der Waals surface area contributed by atoms with E-state index in [1.165, 1.54) is 0 Å². The molecule has 0 radical (unpaired) electrons. The molecule has 2 aliphatic heterocycles. The summed E-state index contributed by atoms with van der Waals surface area (Å²) in [5, 5.41) is 12.4. The summed E-state index contributed by atoms with van der Waals surface area (Å²) in [6.07, 6.45) is -1.03. The zero-order valence-corrected chi connectivity index (χ0v) is 10.2. The normalized spacial score (nSPS) is 27.0. The summed E-state index contributed by atoms with van der Waals surface area (Å²) in [4.78, 5) is 13.6. The van der Waals surface area contributed by atoms with E-state index in [1.54, 1.807) is 0 Å². The maximum absolute atomic E-state index is 11.4. The standard InChI is InChI=1S/C13H16N2O3/c1-8-7-18-5-4-15(8)9-2-3-10-11(6-9)14-13(17)12(10)16/h2-3,6,8,12,16H,4-5,7H2,1H3,(H,14,17). The summed E-state index contributed by atoms with van der Waals surface area (Å²) in [6, 6.07) is 6.00. The highest BCUT2D eigenvalue weighted by Crippen LogP contribution is 2.34. The average molecular weight is 248 g/mol. The first-order chi connectivity index (χ1) is 8.66. The Morgan fingerprint density at radius 3 is 3.11 bits per heavy atom. The first-order valence-corrected chi connectivity index (χ1v) is 6.14. The molecular formula is C13H16N2O3. The van der Waals surface area contributed by atoms with Crippen molar-refractivity contribution in [1.29, 1.82) is 0 Å². The number of hydrogen-bond acceptors (Lipinski definition) is 4. The fraction of sp³-hybridized carbons (Fsp3) is 0.462. The maximum Gasteiger partial charge on any atom is 0.257 e. The number of nitrogens with one attached hydrogen (secondary N) is 1. The third kappa shape index (κ3) is 1.76. The van der Waals surface area contributed by atoms with Crippen LogP contribution in [0.15, 0.2) is 18.2 Å². The fourth-order valence-corrected chi connectivity index (χ4v) is 2.52. The van der Waals surface area contributed by atoms with Crippen LogP contribution in [-0.2, 0) is 9.53 Å². The lowest BCUT2D eigenvalue weighted by Crippen LogP contribution is -2.43. The second kappa shape index (κ2) is 4.26. The van der Waals surface area contributed by atoms with E-state index in [4.69, 9.17) is 4.74 Å². The second-order valence-electron chi connectivity index (χ2n) is 4.78. The van der Waals surface area contributed by atoms with Crippen LogP contribution in [0.25, 0.3) is 0 Å². The van der Waals surface area contributed by atoms with Crippen molar-refractivity contribution in [3.8, 4) is 0 Å². The monoisotopic (exact) mass is 248 g/mol. The van der Waals surface area contributed by atoms with E-state index in [9.17, 15) is 9.90 Å². The third-order valence-electron chi connectivity index (χ3n) is 3.54. The molecule has 3 rings (SSSR count). The average Bonchev–Trinajstić information content (AvgIpc) is 2.65. The third-order valence-corrected chi connectivity index (χ3v) is 3.54. The molecule has 5 heteroatoms. The lowest BCUT2D eigenvalue weighted by atomic mass is 10.1. The molecule has 0 saturated carbocycles. The lowest BCUT2D eigenvalue weighted by Gasteiger charge is -2.35. The number of morpholine rings is 1. The quantitative estimate of drug-likeness (QED) is 0.775. The van der Waals surface area contributed by atoms with Gasteiger partial charge < -0.3 is 20.1 Å². The number of fused-ring (bicyclic) bond motifs is 1. The number of amides is 1. The first kappa shape index (κ1) is 11.5. The number of aliphatic hydroxyl groups is 1. The number of aliphatic hydroxyl groups excluding tert-OH is 1. The summed E-state index contributed by atoms with van der Waals surface area (Å²) in [5.41, 5.74) is 2.42. The number of carbonyl (C=O) groups excluding carboxylic acids is 1. The van der Waals surface area contributed by atoms with Crippen molar-refractivity contribution in [3.63, 3.8) is 0 Å². The van der Waals surface area contributed by atoms with E-state index in [2.05, 4.69) is 17.1 Å². The van der Waals surface area contributed by atoms with Crippen molar-refractivity contribution in [3.05, 3.63) is 23.8 Å². The Kier molecular flexibility index (Phi) is 2.72. The minimum absolute atomic E-state index is 0.318.